The second-order valence-electron chi connectivity index (χ2n) is 3.88. The molecule has 0 saturated carbocycles. The number of thiophene rings is 1. The number of carbonyl (C=O) groups excluding carboxylic acids is 1. The van der Waals surface area contributed by atoms with Crippen molar-refractivity contribution < 1.29 is 14.7 Å². The summed E-state index contributed by atoms with van der Waals surface area (Å²) in [5.41, 5.74) is 0.425. The molecule has 1 aromatic carbocycles. The average Bonchev–Trinajstić information content (AvgIpc) is 2.94. The van der Waals surface area contributed by atoms with Gasteiger partial charge in [-0.3, -0.25) is 10.1 Å². The fraction of sp³-hybridized carbons (Fsp3) is 0. The van der Waals surface area contributed by atoms with E-state index in [9.17, 15) is 9.59 Å². The van der Waals surface area contributed by atoms with E-state index in [1.807, 2.05) is 22.6 Å². The van der Waals surface area contributed by atoms with Crippen LogP contribution in [0.3, 0.4) is 0 Å². The van der Waals surface area contributed by atoms with Crippen LogP contribution in [0.25, 0.3) is 0 Å². The third-order valence-corrected chi connectivity index (χ3v) is 4.18. The van der Waals surface area contributed by atoms with Crippen LogP contribution in [-0.4, -0.2) is 22.1 Å². The van der Waals surface area contributed by atoms with E-state index in [1.165, 1.54) is 17.4 Å². The summed E-state index contributed by atoms with van der Waals surface area (Å²) in [5, 5.41) is 16.2. The van der Waals surface area contributed by atoms with E-state index < -0.39 is 5.97 Å². The number of carbonyl (C=O) groups is 2. The van der Waals surface area contributed by atoms with Crippen LogP contribution < -0.4 is 10.6 Å². The molecule has 0 atom stereocenters. The third kappa shape index (κ3) is 4.22. The van der Waals surface area contributed by atoms with Crippen LogP contribution in [0.5, 0.6) is 0 Å². The highest BCUT2D eigenvalue weighted by molar-refractivity contribution is 14.1. The minimum atomic E-state index is -1.07. The van der Waals surface area contributed by atoms with Gasteiger partial charge in [0, 0.05) is 3.57 Å². The lowest BCUT2D eigenvalue weighted by atomic mass is 10.2. The zero-order chi connectivity index (χ0) is 15.4. The Morgan fingerprint density at radius 2 is 2.05 bits per heavy atom. The molecule has 0 aliphatic heterocycles. The monoisotopic (exact) mass is 432 g/mol. The Morgan fingerprint density at radius 1 is 1.29 bits per heavy atom. The number of hydrogen-bond acceptors (Lipinski definition) is 4. The molecule has 3 N–H and O–H groups in total. The van der Waals surface area contributed by atoms with Gasteiger partial charge in [0.05, 0.1) is 16.1 Å². The molecule has 0 unspecified atom stereocenters. The van der Waals surface area contributed by atoms with Crippen LogP contribution in [-0.2, 0) is 0 Å². The molecular formula is C13H9IN2O3S2. The summed E-state index contributed by atoms with van der Waals surface area (Å²) >= 11 is 8.35. The summed E-state index contributed by atoms with van der Waals surface area (Å²) in [6, 6.07) is 8.32. The Labute approximate surface area is 143 Å². The van der Waals surface area contributed by atoms with Crippen molar-refractivity contribution in [3.05, 3.63) is 49.7 Å². The first-order valence-electron chi connectivity index (χ1n) is 5.66. The molecule has 0 saturated heterocycles. The minimum Gasteiger partial charge on any atom is -0.478 e. The number of carboxylic acids is 1. The van der Waals surface area contributed by atoms with Gasteiger partial charge < -0.3 is 10.4 Å². The molecule has 0 aliphatic rings. The molecule has 0 fully saturated rings. The Morgan fingerprint density at radius 3 is 2.67 bits per heavy atom. The topological polar surface area (TPSA) is 78.4 Å². The van der Waals surface area contributed by atoms with Gasteiger partial charge in [0.2, 0.25) is 0 Å². The van der Waals surface area contributed by atoms with E-state index in [0.717, 1.165) is 3.57 Å². The number of aromatic carboxylic acids is 1. The predicted octanol–water partition coefficient (Wildman–Crippen LogP) is 3.18. The highest BCUT2D eigenvalue weighted by Crippen LogP contribution is 2.19. The summed E-state index contributed by atoms with van der Waals surface area (Å²) in [6.45, 7) is 0. The molecule has 1 aromatic heterocycles. The van der Waals surface area contributed by atoms with Crippen LogP contribution in [0, 0.1) is 3.57 Å². The van der Waals surface area contributed by atoms with Gasteiger partial charge in [0.1, 0.15) is 0 Å². The summed E-state index contributed by atoms with van der Waals surface area (Å²) in [5.74, 6) is -1.40. The Hall–Kier alpha value is -1.52. The first-order valence-corrected chi connectivity index (χ1v) is 8.02. The van der Waals surface area contributed by atoms with Crippen molar-refractivity contribution in [1.82, 2.24) is 5.32 Å². The van der Waals surface area contributed by atoms with Crippen LogP contribution in [0.4, 0.5) is 5.69 Å². The van der Waals surface area contributed by atoms with Crippen molar-refractivity contribution in [3.63, 3.8) is 0 Å². The molecule has 5 nitrogen and oxygen atoms in total. The molecule has 0 spiro atoms. The molecule has 0 bridgehead atoms. The molecule has 1 amide bonds. The molecular weight excluding hydrogens is 423 g/mol. The zero-order valence-corrected chi connectivity index (χ0v) is 14.2. The summed E-state index contributed by atoms with van der Waals surface area (Å²) in [6.07, 6.45) is 0. The second kappa shape index (κ2) is 6.96. The molecule has 21 heavy (non-hydrogen) atoms. The van der Waals surface area contributed by atoms with Gasteiger partial charge in [-0.25, -0.2) is 4.79 Å². The Kier molecular flexibility index (Phi) is 5.26. The lowest BCUT2D eigenvalue weighted by Gasteiger charge is -2.11. The SMILES string of the molecule is O=C(NC(=S)Nc1ccc(I)cc1C(=O)O)c1cccs1. The maximum absolute atomic E-state index is 11.8. The van der Waals surface area contributed by atoms with Crippen LogP contribution in [0.2, 0.25) is 0 Å². The van der Waals surface area contributed by atoms with E-state index in [1.54, 1.807) is 29.6 Å². The number of amides is 1. The van der Waals surface area contributed by atoms with Gasteiger partial charge in [0.15, 0.2) is 5.11 Å². The number of thiocarbonyl (C=S) groups is 1. The van der Waals surface area contributed by atoms with Gasteiger partial charge >= 0.3 is 5.97 Å². The highest BCUT2D eigenvalue weighted by Gasteiger charge is 2.13. The van der Waals surface area contributed by atoms with E-state index in [0.29, 0.717) is 10.6 Å². The number of halogens is 1. The van der Waals surface area contributed by atoms with Gasteiger partial charge in [-0.2, -0.15) is 0 Å². The van der Waals surface area contributed by atoms with Gasteiger partial charge in [-0.05, 0) is 64.5 Å². The Balaban J connectivity index is 2.10. The van der Waals surface area contributed by atoms with Crippen molar-refractivity contribution in [3.8, 4) is 0 Å². The fourth-order valence-corrected chi connectivity index (χ4v) is 2.84. The smallest absolute Gasteiger partial charge is 0.337 e. The molecule has 2 rings (SSSR count). The Bertz CT molecular complexity index is 701. The minimum absolute atomic E-state index is 0.0529. The molecule has 0 radical (unpaired) electrons. The number of hydrogen-bond donors (Lipinski definition) is 3. The van der Waals surface area contributed by atoms with Crippen LogP contribution in [0.15, 0.2) is 35.7 Å². The van der Waals surface area contributed by atoms with Gasteiger partial charge in [-0.15, -0.1) is 11.3 Å². The molecule has 108 valence electrons. The number of anilines is 1. The van der Waals surface area contributed by atoms with Crippen LogP contribution >= 0.6 is 46.1 Å². The van der Waals surface area contributed by atoms with Crippen molar-refractivity contribution >= 4 is 68.8 Å². The van der Waals surface area contributed by atoms with Crippen molar-refractivity contribution in [2.45, 2.75) is 0 Å². The number of carboxylic acid groups (broad SMARTS) is 1. The van der Waals surface area contributed by atoms with Crippen molar-refractivity contribution in [2.75, 3.05) is 5.32 Å². The summed E-state index contributed by atoms with van der Waals surface area (Å²) in [4.78, 5) is 23.6. The summed E-state index contributed by atoms with van der Waals surface area (Å²) in [7, 11) is 0. The molecule has 1 heterocycles. The average molecular weight is 432 g/mol. The van der Waals surface area contributed by atoms with Crippen molar-refractivity contribution in [2.24, 2.45) is 0 Å². The van der Waals surface area contributed by atoms with Gasteiger partial charge in [-0.1, -0.05) is 6.07 Å². The molecule has 0 aliphatic carbocycles. The van der Waals surface area contributed by atoms with Crippen molar-refractivity contribution in [1.29, 1.82) is 0 Å². The zero-order valence-electron chi connectivity index (χ0n) is 10.4. The fourth-order valence-electron chi connectivity index (χ4n) is 1.53. The van der Waals surface area contributed by atoms with Gasteiger partial charge in [0.25, 0.3) is 5.91 Å². The van der Waals surface area contributed by atoms with E-state index >= 15 is 0 Å². The third-order valence-electron chi connectivity index (χ3n) is 2.43. The van der Waals surface area contributed by atoms with E-state index in [2.05, 4.69) is 10.6 Å². The lowest BCUT2D eigenvalue weighted by Crippen LogP contribution is -2.34. The quantitative estimate of drug-likeness (QED) is 0.513. The van der Waals surface area contributed by atoms with E-state index in [4.69, 9.17) is 17.3 Å². The maximum atomic E-state index is 11.8. The maximum Gasteiger partial charge on any atom is 0.337 e. The first-order chi connectivity index (χ1) is 9.97. The van der Waals surface area contributed by atoms with E-state index in [-0.39, 0.29) is 16.6 Å². The number of nitrogens with one attached hydrogen (secondary N) is 2. The largest absolute Gasteiger partial charge is 0.478 e. The first kappa shape index (κ1) is 15.9. The second-order valence-corrected chi connectivity index (χ2v) is 6.48. The summed E-state index contributed by atoms with van der Waals surface area (Å²) < 4.78 is 0.795. The molecule has 2 aromatic rings. The molecule has 8 heteroatoms. The number of rotatable bonds is 3. The standard InChI is InChI=1S/C13H9IN2O3S2/c14-7-3-4-9(8(6-7)12(18)19)15-13(20)16-11(17)10-2-1-5-21-10/h1-6H,(H,18,19)(H2,15,16,17,20). The lowest BCUT2D eigenvalue weighted by molar-refractivity contribution is 0.0697. The predicted molar refractivity (Wildman–Crippen MR) is 94.1 cm³/mol. The normalized spacial score (nSPS) is 9.95. The number of benzene rings is 1. The highest BCUT2D eigenvalue weighted by atomic mass is 127. The van der Waals surface area contributed by atoms with Crippen LogP contribution in [0.1, 0.15) is 20.0 Å².